The maximum absolute atomic E-state index is 5.38. The van der Waals surface area contributed by atoms with Crippen molar-refractivity contribution in [1.29, 1.82) is 0 Å². The second-order valence-corrected chi connectivity index (χ2v) is 8.27. The number of aryl methyl sites for hydroxylation is 1. The van der Waals surface area contributed by atoms with Crippen LogP contribution in [0.2, 0.25) is 0 Å². The first-order valence-electron chi connectivity index (χ1n) is 11.6. The van der Waals surface area contributed by atoms with Gasteiger partial charge in [0, 0.05) is 63.4 Å². The van der Waals surface area contributed by atoms with Crippen LogP contribution in [-0.2, 0) is 13.1 Å². The van der Waals surface area contributed by atoms with Crippen LogP contribution in [0.5, 0.6) is 5.75 Å². The fourth-order valence-corrected chi connectivity index (χ4v) is 4.17. The van der Waals surface area contributed by atoms with Gasteiger partial charge >= 0.3 is 0 Å². The van der Waals surface area contributed by atoms with Gasteiger partial charge in [0.1, 0.15) is 11.6 Å². The monoisotopic (exact) mass is 574 g/mol. The fraction of sp³-hybridized carbons (Fsp3) is 0.385. The third-order valence-electron chi connectivity index (χ3n) is 6.01. The molecule has 7 nitrogen and oxygen atoms in total. The van der Waals surface area contributed by atoms with Gasteiger partial charge in [-0.05, 0) is 37.1 Å². The van der Waals surface area contributed by atoms with Crippen LogP contribution in [0.25, 0.3) is 0 Å². The molecule has 2 heterocycles. The zero-order valence-corrected chi connectivity index (χ0v) is 22.6. The van der Waals surface area contributed by atoms with Crippen molar-refractivity contribution in [3.63, 3.8) is 0 Å². The Balaban J connectivity index is 0.00000324. The van der Waals surface area contributed by atoms with Crippen molar-refractivity contribution in [3.05, 3.63) is 77.9 Å². The molecule has 4 rings (SSSR count). The van der Waals surface area contributed by atoms with E-state index in [2.05, 4.69) is 68.0 Å². The molecule has 34 heavy (non-hydrogen) atoms. The molecule has 1 aliphatic rings. The molecule has 0 aliphatic carbocycles. The lowest BCUT2D eigenvalue weighted by atomic mass is 10.1. The lowest BCUT2D eigenvalue weighted by Gasteiger charge is -2.37. The lowest BCUT2D eigenvalue weighted by molar-refractivity contribution is 0.372. The van der Waals surface area contributed by atoms with Crippen molar-refractivity contribution in [2.24, 2.45) is 4.99 Å². The summed E-state index contributed by atoms with van der Waals surface area (Å²) < 4.78 is 7.54. The van der Waals surface area contributed by atoms with Crippen LogP contribution in [-0.4, -0.2) is 60.2 Å². The normalized spacial score (nSPS) is 14.0. The van der Waals surface area contributed by atoms with Crippen molar-refractivity contribution in [2.75, 3.05) is 44.7 Å². The van der Waals surface area contributed by atoms with Crippen molar-refractivity contribution >= 4 is 35.6 Å². The van der Waals surface area contributed by atoms with Gasteiger partial charge in [0.25, 0.3) is 0 Å². The molecular weight excluding hydrogens is 539 g/mol. The van der Waals surface area contributed by atoms with E-state index in [1.165, 1.54) is 16.8 Å². The highest BCUT2D eigenvalue weighted by Gasteiger charge is 2.20. The third-order valence-corrected chi connectivity index (χ3v) is 6.01. The summed E-state index contributed by atoms with van der Waals surface area (Å²) in [6.07, 6.45) is 3.87. The van der Waals surface area contributed by atoms with Crippen molar-refractivity contribution in [3.8, 4) is 5.75 Å². The number of nitrogens with one attached hydrogen (secondary N) is 1. The predicted octanol–water partition coefficient (Wildman–Crippen LogP) is 4.15. The maximum Gasteiger partial charge on any atom is 0.194 e. The summed E-state index contributed by atoms with van der Waals surface area (Å²) in [7, 11) is 1.71. The Bertz CT molecular complexity index is 1070. The average molecular weight is 575 g/mol. The summed E-state index contributed by atoms with van der Waals surface area (Å²) in [4.78, 5) is 14.0. The fourth-order valence-electron chi connectivity index (χ4n) is 4.17. The van der Waals surface area contributed by atoms with Gasteiger partial charge in [0.2, 0.25) is 0 Å². The Morgan fingerprint density at radius 1 is 1.06 bits per heavy atom. The lowest BCUT2D eigenvalue weighted by Crippen LogP contribution is -2.52. The number of hydrogen-bond donors (Lipinski definition) is 1. The maximum atomic E-state index is 5.38. The van der Waals surface area contributed by atoms with E-state index in [4.69, 9.17) is 9.73 Å². The molecular formula is C26H35IN6O. The number of aromatic nitrogens is 2. The van der Waals surface area contributed by atoms with Crippen LogP contribution in [0.1, 0.15) is 23.9 Å². The number of nitrogens with zero attached hydrogens (tertiary/aromatic N) is 5. The standard InChI is InChI=1S/C26H34N6O.HI/c1-4-27-26(31-15-13-30(14-16-31)24-9-6-10-25(18-24)33-3)29-19-22-7-5-8-23(17-22)20-32-12-11-28-21(32)2;/h5-12,17-18H,4,13-16,19-20H2,1-3H3,(H,27,29);1H. The molecule has 0 bridgehead atoms. The minimum absolute atomic E-state index is 0. The number of hydrogen-bond acceptors (Lipinski definition) is 4. The Labute approximate surface area is 219 Å². The first-order valence-corrected chi connectivity index (χ1v) is 11.6. The molecule has 0 atom stereocenters. The number of halogens is 1. The molecule has 0 amide bonds. The van der Waals surface area contributed by atoms with Crippen LogP contribution in [0, 0.1) is 6.92 Å². The number of ether oxygens (including phenoxy) is 1. The predicted molar refractivity (Wildman–Crippen MR) is 150 cm³/mol. The van der Waals surface area contributed by atoms with Gasteiger partial charge in [-0.25, -0.2) is 9.98 Å². The van der Waals surface area contributed by atoms with Gasteiger partial charge in [-0.15, -0.1) is 24.0 Å². The zero-order chi connectivity index (χ0) is 23.0. The SMILES string of the molecule is CCNC(=NCc1cccc(Cn2ccnc2C)c1)N1CCN(c2cccc(OC)c2)CC1.I. The molecule has 1 N–H and O–H groups in total. The van der Waals surface area contributed by atoms with Crippen molar-refractivity contribution < 1.29 is 4.74 Å². The summed E-state index contributed by atoms with van der Waals surface area (Å²) in [6.45, 7) is 10.3. The van der Waals surface area contributed by atoms with E-state index in [9.17, 15) is 0 Å². The van der Waals surface area contributed by atoms with Gasteiger partial charge in [0.05, 0.1) is 13.7 Å². The molecule has 1 aliphatic heterocycles. The van der Waals surface area contributed by atoms with Crippen LogP contribution in [0.3, 0.4) is 0 Å². The number of benzene rings is 2. The smallest absolute Gasteiger partial charge is 0.194 e. The van der Waals surface area contributed by atoms with Crippen molar-refractivity contribution in [1.82, 2.24) is 19.8 Å². The zero-order valence-electron chi connectivity index (χ0n) is 20.3. The molecule has 2 aromatic carbocycles. The van der Waals surface area contributed by atoms with Crippen LogP contribution < -0.4 is 15.0 Å². The van der Waals surface area contributed by atoms with E-state index in [0.29, 0.717) is 6.54 Å². The number of piperazine rings is 1. The van der Waals surface area contributed by atoms with E-state index >= 15 is 0 Å². The van der Waals surface area contributed by atoms with E-state index in [1.54, 1.807) is 7.11 Å². The Kier molecular flexibility index (Phi) is 9.62. The molecule has 0 saturated carbocycles. The quantitative estimate of drug-likeness (QED) is 0.261. The summed E-state index contributed by atoms with van der Waals surface area (Å²) in [5, 5.41) is 3.48. The molecule has 0 radical (unpaired) electrons. The van der Waals surface area contributed by atoms with Gasteiger partial charge in [-0.1, -0.05) is 30.3 Å². The Hall–Kier alpha value is -2.75. The number of methoxy groups -OCH3 is 1. The minimum Gasteiger partial charge on any atom is -0.497 e. The number of guanidine groups is 1. The molecule has 1 aromatic heterocycles. The highest BCUT2D eigenvalue weighted by Crippen LogP contribution is 2.22. The summed E-state index contributed by atoms with van der Waals surface area (Å²) in [5.41, 5.74) is 3.69. The third kappa shape index (κ3) is 6.65. The molecule has 8 heteroatoms. The summed E-state index contributed by atoms with van der Waals surface area (Å²) >= 11 is 0. The molecule has 1 saturated heterocycles. The molecule has 3 aromatic rings. The van der Waals surface area contributed by atoms with Crippen LogP contribution in [0.4, 0.5) is 5.69 Å². The van der Waals surface area contributed by atoms with E-state index in [1.807, 2.05) is 31.5 Å². The largest absolute Gasteiger partial charge is 0.497 e. The van der Waals surface area contributed by atoms with E-state index in [-0.39, 0.29) is 24.0 Å². The Morgan fingerprint density at radius 3 is 2.53 bits per heavy atom. The highest BCUT2D eigenvalue weighted by atomic mass is 127. The molecule has 0 spiro atoms. The molecule has 182 valence electrons. The topological polar surface area (TPSA) is 57.9 Å². The average Bonchev–Trinajstić information content (AvgIpc) is 3.26. The van der Waals surface area contributed by atoms with Gasteiger partial charge in [-0.3, -0.25) is 0 Å². The van der Waals surface area contributed by atoms with Gasteiger partial charge < -0.3 is 24.4 Å². The van der Waals surface area contributed by atoms with Gasteiger partial charge in [-0.2, -0.15) is 0 Å². The second-order valence-electron chi connectivity index (χ2n) is 8.27. The van der Waals surface area contributed by atoms with Crippen LogP contribution in [0.15, 0.2) is 65.9 Å². The number of imidazole rings is 1. The Morgan fingerprint density at radius 2 is 1.82 bits per heavy atom. The first-order chi connectivity index (χ1) is 16.2. The highest BCUT2D eigenvalue weighted by molar-refractivity contribution is 14.0. The first kappa shape index (κ1) is 25.9. The molecule has 0 unspecified atom stereocenters. The van der Waals surface area contributed by atoms with Gasteiger partial charge in [0.15, 0.2) is 5.96 Å². The van der Waals surface area contributed by atoms with E-state index in [0.717, 1.165) is 56.8 Å². The van der Waals surface area contributed by atoms with Crippen LogP contribution >= 0.6 is 24.0 Å². The summed E-state index contributed by atoms with van der Waals surface area (Å²) in [5.74, 6) is 2.91. The number of aliphatic imine (C=N–C) groups is 1. The van der Waals surface area contributed by atoms with Crippen molar-refractivity contribution in [2.45, 2.75) is 26.9 Å². The number of anilines is 1. The summed E-state index contributed by atoms with van der Waals surface area (Å²) in [6, 6.07) is 17.0. The number of rotatable bonds is 7. The van der Waals surface area contributed by atoms with E-state index < -0.39 is 0 Å². The minimum atomic E-state index is 0. The second kappa shape index (κ2) is 12.6. The molecule has 1 fully saturated rings.